The summed E-state index contributed by atoms with van der Waals surface area (Å²) in [6, 6.07) is 15.9. The second-order valence-electron chi connectivity index (χ2n) is 5.64. The van der Waals surface area contributed by atoms with Gasteiger partial charge >= 0.3 is 6.03 Å². The molecule has 2 amide bonds. The third-order valence-electron chi connectivity index (χ3n) is 3.85. The number of halogens is 1. The van der Waals surface area contributed by atoms with E-state index in [2.05, 4.69) is 10.6 Å². The molecule has 0 heterocycles. The quantitative estimate of drug-likeness (QED) is 0.697. The Hall–Kier alpha value is -2.40. The number of carbonyl (C=O) groups is 1. The van der Waals surface area contributed by atoms with Gasteiger partial charge in [0.25, 0.3) is 0 Å². The topological polar surface area (TPSA) is 61.4 Å². The maximum absolute atomic E-state index is 13.1. The highest BCUT2D eigenvalue weighted by molar-refractivity contribution is 5.73. The van der Waals surface area contributed by atoms with Crippen LogP contribution in [-0.4, -0.2) is 30.8 Å². The fourth-order valence-corrected chi connectivity index (χ4v) is 2.56. The van der Waals surface area contributed by atoms with Gasteiger partial charge in [-0.3, -0.25) is 0 Å². The molecule has 24 heavy (non-hydrogen) atoms. The maximum atomic E-state index is 13.1. The first-order chi connectivity index (χ1) is 11.7. The molecular weight excluding hydrogens is 307 g/mol. The molecule has 0 radical (unpaired) electrons. The molecule has 2 aromatic carbocycles. The van der Waals surface area contributed by atoms with Gasteiger partial charge in [0.2, 0.25) is 0 Å². The van der Waals surface area contributed by atoms with Crippen LogP contribution in [0.5, 0.6) is 0 Å². The van der Waals surface area contributed by atoms with E-state index >= 15 is 0 Å². The summed E-state index contributed by atoms with van der Waals surface area (Å²) in [6.07, 6.45) is 1.16. The molecule has 0 fully saturated rings. The van der Waals surface area contributed by atoms with Crippen LogP contribution in [0.1, 0.15) is 23.5 Å². The standard InChI is InChI=1S/C19H23FN2O2/c20-18-8-4-5-15(13-18)9-11-21-19(24)22-14-17(10-12-23)16-6-2-1-3-7-16/h1-8,13,17,23H,9-12,14H2,(H2,21,22,24). The predicted molar refractivity (Wildman–Crippen MR) is 92.4 cm³/mol. The number of nitrogens with one attached hydrogen (secondary N) is 2. The summed E-state index contributed by atoms with van der Waals surface area (Å²) < 4.78 is 13.1. The van der Waals surface area contributed by atoms with Crippen LogP contribution in [0.3, 0.4) is 0 Å². The van der Waals surface area contributed by atoms with Crippen LogP contribution in [0.4, 0.5) is 9.18 Å². The number of amides is 2. The van der Waals surface area contributed by atoms with Crippen molar-refractivity contribution in [1.29, 1.82) is 0 Å². The summed E-state index contributed by atoms with van der Waals surface area (Å²) >= 11 is 0. The lowest BCUT2D eigenvalue weighted by molar-refractivity contribution is 0.237. The molecule has 128 valence electrons. The number of urea groups is 1. The average molecular weight is 330 g/mol. The van der Waals surface area contributed by atoms with Crippen molar-refractivity contribution < 1.29 is 14.3 Å². The van der Waals surface area contributed by atoms with Gasteiger partial charge in [0.1, 0.15) is 5.82 Å². The molecule has 0 aliphatic carbocycles. The Bertz CT molecular complexity index is 634. The normalized spacial score (nSPS) is 11.8. The molecule has 0 aliphatic heterocycles. The zero-order chi connectivity index (χ0) is 17.2. The first kappa shape index (κ1) is 17.9. The highest BCUT2D eigenvalue weighted by atomic mass is 19.1. The van der Waals surface area contributed by atoms with Gasteiger partial charge in [0.05, 0.1) is 0 Å². The molecule has 1 unspecified atom stereocenters. The first-order valence-corrected chi connectivity index (χ1v) is 8.11. The third-order valence-corrected chi connectivity index (χ3v) is 3.85. The number of hydrogen-bond donors (Lipinski definition) is 3. The molecule has 4 nitrogen and oxygen atoms in total. The maximum Gasteiger partial charge on any atom is 0.314 e. The minimum Gasteiger partial charge on any atom is -0.396 e. The zero-order valence-corrected chi connectivity index (χ0v) is 13.5. The first-order valence-electron chi connectivity index (χ1n) is 8.11. The number of aliphatic hydroxyl groups is 1. The summed E-state index contributed by atoms with van der Waals surface area (Å²) in [6.45, 7) is 0.962. The van der Waals surface area contributed by atoms with Crippen LogP contribution in [-0.2, 0) is 6.42 Å². The van der Waals surface area contributed by atoms with E-state index < -0.39 is 0 Å². The smallest absolute Gasteiger partial charge is 0.314 e. The van der Waals surface area contributed by atoms with Crippen LogP contribution in [0, 0.1) is 5.82 Å². The molecule has 1 atom stereocenters. The summed E-state index contributed by atoms with van der Waals surface area (Å²) in [5.74, 6) is -0.197. The van der Waals surface area contributed by atoms with Crippen LogP contribution < -0.4 is 10.6 Å². The Morgan fingerprint density at radius 1 is 1.08 bits per heavy atom. The second kappa shape index (κ2) is 9.67. The van der Waals surface area contributed by atoms with Gasteiger partial charge in [0.15, 0.2) is 0 Å². The fourth-order valence-electron chi connectivity index (χ4n) is 2.56. The summed E-state index contributed by atoms with van der Waals surface area (Å²) in [5.41, 5.74) is 1.93. The van der Waals surface area contributed by atoms with Crippen molar-refractivity contribution in [1.82, 2.24) is 10.6 Å². The Kier molecular flexibility index (Phi) is 7.23. The molecule has 0 spiro atoms. The molecule has 0 aromatic heterocycles. The largest absolute Gasteiger partial charge is 0.396 e. The van der Waals surface area contributed by atoms with E-state index in [1.54, 1.807) is 6.07 Å². The Morgan fingerprint density at radius 2 is 1.88 bits per heavy atom. The highest BCUT2D eigenvalue weighted by Gasteiger charge is 2.12. The van der Waals surface area contributed by atoms with Gasteiger partial charge in [0, 0.05) is 25.6 Å². The van der Waals surface area contributed by atoms with Crippen molar-refractivity contribution in [3.8, 4) is 0 Å². The van der Waals surface area contributed by atoms with Crippen LogP contribution in [0.15, 0.2) is 54.6 Å². The van der Waals surface area contributed by atoms with Gasteiger partial charge < -0.3 is 15.7 Å². The number of rotatable bonds is 8. The minimum atomic E-state index is -0.272. The van der Waals surface area contributed by atoms with Gasteiger partial charge in [-0.15, -0.1) is 0 Å². The van der Waals surface area contributed by atoms with E-state index in [0.29, 0.717) is 25.9 Å². The molecule has 5 heteroatoms. The zero-order valence-electron chi connectivity index (χ0n) is 13.5. The molecule has 0 saturated heterocycles. The van der Waals surface area contributed by atoms with Crippen molar-refractivity contribution in [3.05, 3.63) is 71.5 Å². The van der Waals surface area contributed by atoms with Crippen molar-refractivity contribution in [2.75, 3.05) is 19.7 Å². The van der Waals surface area contributed by atoms with Gasteiger partial charge in [-0.25, -0.2) is 9.18 Å². The van der Waals surface area contributed by atoms with Crippen molar-refractivity contribution in [3.63, 3.8) is 0 Å². The number of aliphatic hydroxyl groups excluding tert-OH is 1. The molecule has 3 N–H and O–H groups in total. The van der Waals surface area contributed by atoms with Gasteiger partial charge in [-0.1, -0.05) is 42.5 Å². The summed E-state index contributed by atoms with van der Waals surface area (Å²) in [5, 5.41) is 14.8. The number of hydrogen-bond acceptors (Lipinski definition) is 2. The van der Waals surface area contributed by atoms with Crippen LogP contribution in [0.25, 0.3) is 0 Å². The van der Waals surface area contributed by atoms with E-state index in [9.17, 15) is 14.3 Å². The summed E-state index contributed by atoms with van der Waals surface area (Å²) in [4.78, 5) is 11.9. The van der Waals surface area contributed by atoms with Crippen molar-refractivity contribution in [2.24, 2.45) is 0 Å². The van der Waals surface area contributed by atoms with E-state index in [1.807, 2.05) is 36.4 Å². The molecule has 2 aromatic rings. The van der Waals surface area contributed by atoms with E-state index in [4.69, 9.17) is 0 Å². The lowest BCUT2D eigenvalue weighted by Gasteiger charge is -2.17. The second-order valence-corrected chi connectivity index (χ2v) is 5.64. The van der Waals surface area contributed by atoms with Gasteiger partial charge in [-0.05, 0) is 36.1 Å². The van der Waals surface area contributed by atoms with Crippen molar-refractivity contribution >= 4 is 6.03 Å². The lowest BCUT2D eigenvalue weighted by atomic mass is 9.96. The molecule has 0 saturated carbocycles. The Labute approximate surface area is 141 Å². The van der Waals surface area contributed by atoms with Crippen molar-refractivity contribution in [2.45, 2.75) is 18.8 Å². The molecule has 2 rings (SSSR count). The minimum absolute atomic E-state index is 0.0719. The SMILES string of the molecule is O=C(NCCc1cccc(F)c1)NCC(CCO)c1ccccc1. The molecule has 0 aliphatic rings. The van der Waals surface area contributed by atoms with E-state index in [-0.39, 0.29) is 24.4 Å². The number of carbonyl (C=O) groups excluding carboxylic acids is 1. The predicted octanol–water partition coefficient (Wildman–Crippen LogP) is 2.83. The van der Waals surface area contributed by atoms with Gasteiger partial charge in [-0.2, -0.15) is 0 Å². The van der Waals surface area contributed by atoms with Crippen LogP contribution in [0.2, 0.25) is 0 Å². The third kappa shape index (κ3) is 6.01. The lowest BCUT2D eigenvalue weighted by Crippen LogP contribution is -2.38. The molecule has 0 bridgehead atoms. The van der Waals surface area contributed by atoms with E-state index in [0.717, 1.165) is 11.1 Å². The highest BCUT2D eigenvalue weighted by Crippen LogP contribution is 2.17. The van der Waals surface area contributed by atoms with E-state index in [1.165, 1.54) is 12.1 Å². The number of benzene rings is 2. The van der Waals surface area contributed by atoms with Crippen LogP contribution >= 0.6 is 0 Å². The monoisotopic (exact) mass is 330 g/mol. The fraction of sp³-hybridized carbons (Fsp3) is 0.316. The Balaban J connectivity index is 1.75. The average Bonchev–Trinajstić information content (AvgIpc) is 2.59. The Morgan fingerprint density at radius 3 is 2.58 bits per heavy atom. The molecular formula is C19H23FN2O2. The summed E-state index contributed by atoms with van der Waals surface area (Å²) in [7, 11) is 0.